The summed E-state index contributed by atoms with van der Waals surface area (Å²) >= 11 is 0. The topological polar surface area (TPSA) is 46.5 Å². The third-order valence-electron chi connectivity index (χ3n) is 7.55. The Balaban J connectivity index is 1.77. The zero-order valence-electron chi connectivity index (χ0n) is 24.6. The van der Waals surface area contributed by atoms with Crippen molar-refractivity contribution in [3.63, 3.8) is 0 Å². The largest absolute Gasteiger partial charge is 0.507 e. The number of aryl methyl sites for hydroxylation is 2. The van der Waals surface area contributed by atoms with Gasteiger partial charge in [0.1, 0.15) is 11.3 Å². The SMILES string of the molecule is CCCCCCc1ccc(S(OC(=O)c2ccccc2O)(c2ccccc2)c2ccc(CCCCCC)cc2)cc1. The van der Waals surface area contributed by atoms with Crippen LogP contribution in [0.25, 0.3) is 0 Å². The molecule has 0 aliphatic rings. The number of hydrogen-bond donors (Lipinski definition) is 1. The van der Waals surface area contributed by atoms with Crippen molar-refractivity contribution >= 4 is 16.3 Å². The Hall–Kier alpha value is -3.50. The normalized spacial score (nSPS) is 11.8. The average Bonchev–Trinajstić information content (AvgIpc) is 3.01. The fraction of sp³-hybridized carbons (Fsp3) is 0.324. The molecule has 0 saturated carbocycles. The molecule has 0 heterocycles. The number of hydrogen-bond acceptors (Lipinski definition) is 3. The predicted molar refractivity (Wildman–Crippen MR) is 171 cm³/mol. The number of rotatable bonds is 15. The van der Waals surface area contributed by atoms with E-state index < -0.39 is 16.3 Å². The summed E-state index contributed by atoms with van der Waals surface area (Å²) in [5, 5.41) is 10.5. The molecule has 0 radical (unpaired) electrons. The zero-order valence-corrected chi connectivity index (χ0v) is 25.4. The minimum absolute atomic E-state index is 0.0799. The van der Waals surface area contributed by atoms with Crippen LogP contribution in [0.4, 0.5) is 0 Å². The van der Waals surface area contributed by atoms with Crippen LogP contribution in [0.5, 0.6) is 5.75 Å². The van der Waals surface area contributed by atoms with Gasteiger partial charge in [0.05, 0.1) is 0 Å². The molecule has 0 aliphatic heterocycles. The number of carbonyl (C=O) groups is 1. The van der Waals surface area contributed by atoms with Gasteiger partial charge in [-0.1, -0.05) is 107 Å². The number of unbranched alkanes of at least 4 members (excludes halogenated alkanes) is 6. The van der Waals surface area contributed by atoms with Crippen LogP contribution in [0, 0.1) is 0 Å². The maximum Gasteiger partial charge on any atom is 0.353 e. The van der Waals surface area contributed by atoms with Gasteiger partial charge in [0.25, 0.3) is 0 Å². The lowest BCUT2D eigenvalue weighted by atomic mass is 10.1. The molecule has 0 unspecified atom stereocenters. The minimum Gasteiger partial charge on any atom is -0.507 e. The monoisotopic (exact) mass is 568 g/mol. The van der Waals surface area contributed by atoms with Crippen molar-refractivity contribution in [1.82, 2.24) is 0 Å². The molecule has 0 saturated heterocycles. The predicted octanol–water partition coefficient (Wildman–Crippen LogP) is 10.7. The summed E-state index contributed by atoms with van der Waals surface area (Å²) in [5.41, 5.74) is 2.75. The van der Waals surface area contributed by atoms with Gasteiger partial charge in [0.15, 0.2) is 0 Å². The van der Waals surface area contributed by atoms with Crippen LogP contribution in [0.1, 0.15) is 86.7 Å². The highest BCUT2D eigenvalue weighted by atomic mass is 32.3. The molecule has 0 aromatic heterocycles. The van der Waals surface area contributed by atoms with Crippen LogP contribution in [0.2, 0.25) is 0 Å². The first kappa shape index (κ1) is 30.5. The number of benzene rings is 4. The standard InChI is InChI=1S/C37H44O3S/c1-3-5-7-10-16-30-22-26-33(27-23-30)41(32-18-12-9-13-19-32,40-37(39)35-20-14-15-21-36(35)38)34-28-24-31(25-29-34)17-11-8-6-4-2/h9,12-15,18-29,38H,3-8,10-11,16-17H2,1-2H3. The molecule has 0 bridgehead atoms. The van der Waals surface area contributed by atoms with Gasteiger partial charge in [-0.15, -0.1) is 0 Å². The van der Waals surface area contributed by atoms with E-state index in [0.29, 0.717) is 0 Å². The quantitative estimate of drug-likeness (QED) is 0.145. The summed E-state index contributed by atoms with van der Waals surface area (Å²) in [4.78, 5) is 16.6. The number of phenols is 1. The van der Waals surface area contributed by atoms with Crippen molar-refractivity contribution in [2.24, 2.45) is 0 Å². The van der Waals surface area contributed by atoms with E-state index in [1.807, 2.05) is 30.3 Å². The van der Waals surface area contributed by atoms with E-state index in [-0.39, 0.29) is 11.3 Å². The Morgan fingerprint density at radius 2 is 1.05 bits per heavy atom. The third-order valence-corrected chi connectivity index (χ3v) is 10.8. The fourth-order valence-electron chi connectivity index (χ4n) is 5.18. The summed E-state index contributed by atoms with van der Waals surface area (Å²) in [5.74, 6) is -0.613. The van der Waals surface area contributed by atoms with Crippen molar-refractivity contribution in [1.29, 1.82) is 0 Å². The van der Waals surface area contributed by atoms with Crippen molar-refractivity contribution in [3.05, 3.63) is 120 Å². The lowest BCUT2D eigenvalue weighted by Gasteiger charge is -2.40. The second-order valence-corrected chi connectivity index (χ2v) is 13.4. The molecular formula is C37H44O3S. The maximum absolute atomic E-state index is 13.8. The molecule has 4 aromatic rings. The van der Waals surface area contributed by atoms with E-state index in [4.69, 9.17) is 4.18 Å². The van der Waals surface area contributed by atoms with Crippen LogP contribution in [-0.2, 0) is 17.0 Å². The molecule has 0 aliphatic carbocycles. The number of carbonyl (C=O) groups excluding carboxylic acids is 1. The van der Waals surface area contributed by atoms with E-state index in [9.17, 15) is 9.90 Å². The van der Waals surface area contributed by atoms with E-state index in [1.165, 1.54) is 68.6 Å². The van der Waals surface area contributed by atoms with Gasteiger partial charge >= 0.3 is 5.97 Å². The molecule has 3 nitrogen and oxygen atoms in total. The number of phenolic OH excluding ortho intramolecular Hbond substituents is 1. The fourth-order valence-corrected chi connectivity index (χ4v) is 8.18. The van der Waals surface area contributed by atoms with E-state index in [1.54, 1.807) is 18.2 Å². The van der Waals surface area contributed by atoms with E-state index >= 15 is 0 Å². The smallest absolute Gasteiger partial charge is 0.353 e. The second kappa shape index (κ2) is 15.5. The number of para-hydroxylation sites is 1. The van der Waals surface area contributed by atoms with Crippen molar-refractivity contribution in [2.75, 3.05) is 0 Å². The highest BCUT2D eigenvalue weighted by Crippen LogP contribution is 2.69. The van der Waals surface area contributed by atoms with Gasteiger partial charge < -0.3 is 9.29 Å². The average molecular weight is 569 g/mol. The second-order valence-electron chi connectivity index (χ2n) is 10.7. The Bertz CT molecular complexity index is 1290. The minimum atomic E-state index is -2.45. The van der Waals surface area contributed by atoms with Crippen LogP contribution >= 0.6 is 10.3 Å². The molecule has 4 rings (SSSR count). The summed E-state index contributed by atoms with van der Waals surface area (Å²) in [6, 6.07) is 33.9. The Labute approximate surface area is 248 Å². The van der Waals surface area contributed by atoms with Gasteiger partial charge in [-0.25, -0.2) is 4.79 Å². The van der Waals surface area contributed by atoms with Crippen molar-refractivity contribution in [2.45, 2.75) is 92.7 Å². The summed E-state index contributed by atoms with van der Waals surface area (Å²) < 4.78 is 6.65. The first-order valence-corrected chi connectivity index (χ1v) is 16.7. The van der Waals surface area contributed by atoms with Gasteiger partial charge in [-0.05, 0) is 95.7 Å². The van der Waals surface area contributed by atoms with E-state index in [2.05, 4.69) is 62.4 Å². The van der Waals surface area contributed by atoms with Gasteiger partial charge in [-0.2, -0.15) is 0 Å². The first-order chi connectivity index (χ1) is 20.1. The lowest BCUT2D eigenvalue weighted by molar-refractivity contribution is 0.0754. The molecule has 216 valence electrons. The summed E-state index contributed by atoms with van der Waals surface area (Å²) in [6.45, 7) is 4.46. The molecule has 4 aromatic carbocycles. The molecule has 0 atom stereocenters. The van der Waals surface area contributed by atoms with Crippen molar-refractivity contribution in [3.8, 4) is 5.75 Å². The molecule has 0 spiro atoms. The lowest BCUT2D eigenvalue weighted by Crippen LogP contribution is -2.14. The summed E-state index contributed by atoms with van der Waals surface area (Å²) in [6.07, 6.45) is 11.9. The first-order valence-electron chi connectivity index (χ1n) is 15.2. The molecule has 41 heavy (non-hydrogen) atoms. The van der Waals surface area contributed by atoms with Crippen LogP contribution in [0.3, 0.4) is 0 Å². The van der Waals surface area contributed by atoms with Crippen molar-refractivity contribution < 1.29 is 14.1 Å². The highest BCUT2D eigenvalue weighted by Gasteiger charge is 2.36. The molecule has 1 N–H and O–H groups in total. The van der Waals surface area contributed by atoms with Gasteiger partial charge in [0, 0.05) is 14.7 Å². The third kappa shape index (κ3) is 7.83. The summed E-state index contributed by atoms with van der Waals surface area (Å²) in [7, 11) is -2.45. The number of aromatic hydroxyl groups is 1. The maximum atomic E-state index is 13.8. The Morgan fingerprint density at radius 3 is 1.54 bits per heavy atom. The molecule has 4 heteroatoms. The van der Waals surface area contributed by atoms with Gasteiger partial charge in [0.2, 0.25) is 0 Å². The van der Waals surface area contributed by atoms with Crippen LogP contribution in [-0.4, -0.2) is 11.1 Å². The highest BCUT2D eigenvalue weighted by molar-refractivity contribution is 8.30. The van der Waals surface area contributed by atoms with Crippen LogP contribution < -0.4 is 0 Å². The molecular weight excluding hydrogens is 524 g/mol. The van der Waals surface area contributed by atoms with Crippen LogP contribution in [0.15, 0.2) is 118 Å². The zero-order chi connectivity index (χ0) is 28.9. The molecule has 0 fully saturated rings. The Kier molecular flexibility index (Phi) is 11.5. The molecule has 0 amide bonds. The van der Waals surface area contributed by atoms with E-state index in [0.717, 1.165) is 27.5 Å². The van der Waals surface area contributed by atoms with Gasteiger partial charge in [-0.3, -0.25) is 0 Å². The Morgan fingerprint density at radius 1 is 0.585 bits per heavy atom.